The normalized spacial score (nSPS) is 17.0. The van der Waals surface area contributed by atoms with Crippen LogP contribution in [0.15, 0.2) is 59.5 Å². The summed E-state index contributed by atoms with van der Waals surface area (Å²) in [6, 6.07) is 16.7. The van der Waals surface area contributed by atoms with Gasteiger partial charge in [-0.1, -0.05) is 61.9 Å². The molecular weight excluding hydrogens is 412 g/mol. The van der Waals surface area contributed by atoms with Crippen LogP contribution in [-0.4, -0.2) is 55.8 Å². The van der Waals surface area contributed by atoms with Gasteiger partial charge in [-0.15, -0.1) is 0 Å². The smallest absolute Gasteiger partial charge is 0.243 e. The molecule has 1 atom stereocenters. The minimum Gasteiger partial charge on any atom is -0.375 e. The number of rotatable bonds is 8. The highest BCUT2D eigenvalue weighted by molar-refractivity contribution is 7.89. The molecule has 1 aliphatic rings. The summed E-state index contributed by atoms with van der Waals surface area (Å²) in [7, 11) is -3.62. The second-order valence-electron chi connectivity index (χ2n) is 8.37. The third-order valence-corrected chi connectivity index (χ3v) is 7.63. The van der Waals surface area contributed by atoms with Crippen LogP contribution in [0.25, 0.3) is 0 Å². The van der Waals surface area contributed by atoms with Gasteiger partial charge in [0.2, 0.25) is 15.9 Å². The van der Waals surface area contributed by atoms with Crippen molar-refractivity contribution in [2.45, 2.75) is 44.7 Å². The standard InChI is InChI=1S/C24H32N2O4S/c1-19(2)23(18-30-17-21-7-5-4-6-8-21)26-16-15-25(14-13-24(26)27)31(28,29)22-11-9-20(3)10-12-22/h4-12,19,23H,13-18H2,1-3H3/t23-/m1/s1. The molecule has 31 heavy (non-hydrogen) atoms. The average Bonchev–Trinajstić information content (AvgIpc) is 2.94. The Balaban J connectivity index is 1.67. The summed E-state index contributed by atoms with van der Waals surface area (Å²) in [5.74, 6) is 0.170. The van der Waals surface area contributed by atoms with Crippen LogP contribution in [0.2, 0.25) is 0 Å². The number of carbonyl (C=O) groups is 1. The van der Waals surface area contributed by atoms with Gasteiger partial charge in [0, 0.05) is 26.1 Å². The van der Waals surface area contributed by atoms with Gasteiger partial charge in [0.05, 0.1) is 24.2 Å². The number of sulfonamides is 1. The molecule has 0 unspecified atom stereocenters. The van der Waals surface area contributed by atoms with Gasteiger partial charge in [0.15, 0.2) is 0 Å². The second-order valence-corrected chi connectivity index (χ2v) is 10.3. The molecule has 0 bridgehead atoms. The molecule has 2 aromatic rings. The molecule has 1 heterocycles. The predicted octanol–water partition coefficient (Wildman–Crippen LogP) is 3.46. The van der Waals surface area contributed by atoms with Crippen molar-refractivity contribution in [3.05, 3.63) is 65.7 Å². The van der Waals surface area contributed by atoms with E-state index in [0.29, 0.717) is 19.8 Å². The fraction of sp³-hybridized carbons (Fsp3) is 0.458. The van der Waals surface area contributed by atoms with E-state index in [4.69, 9.17) is 4.74 Å². The molecule has 168 valence electrons. The molecule has 6 nitrogen and oxygen atoms in total. The lowest BCUT2D eigenvalue weighted by Crippen LogP contribution is -2.47. The van der Waals surface area contributed by atoms with Crippen LogP contribution in [0.4, 0.5) is 0 Å². The van der Waals surface area contributed by atoms with Crippen molar-refractivity contribution < 1.29 is 17.9 Å². The van der Waals surface area contributed by atoms with E-state index in [1.165, 1.54) is 4.31 Å². The minimum absolute atomic E-state index is 0.0244. The van der Waals surface area contributed by atoms with Gasteiger partial charge in [-0.25, -0.2) is 8.42 Å². The van der Waals surface area contributed by atoms with Gasteiger partial charge in [-0.2, -0.15) is 4.31 Å². The SMILES string of the molecule is Cc1ccc(S(=O)(=O)N2CCC(=O)N([C@H](COCc3ccccc3)C(C)C)CC2)cc1. The van der Waals surface area contributed by atoms with E-state index in [1.54, 1.807) is 29.2 Å². The van der Waals surface area contributed by atoms with E-state index in [9.17, 15) is 13.2 Å². The maximum absolute atomic E-state index is 13.1. The highest BCUT2D eigenvalue weighted by Crippen LogP contribution is 2.21. The van der Waals surface area contributed by atoms with Crippen LogP contribution in [0.3, 0.4) is 0 Å². The van der Waals surface area contributed by atoms with Crippen molar-refractivity contribution in [3.8, 4) is 0 Å². The Morgan fingerprint density at radius 1 is 0.968 bits per heavy atom. The summed E-state index contributed by atoms with van der Waals surface area (Å²) in [6.45, 7) is 7.80. The Bertz CT molecular complexity index is 959. The van der Waals surface area contributed by atoms with Gasteiger partial charge < -0.3 is 9.64 Å². The van der Waals surface area contributed by atoms with Crippen LogP contribution in [0.5, 0.6) is 0 Å². The molecule has 1 aliphatic heterocycles. The Morgan fingerprint density at radius 3 is 2.29 bits per heavy atom. The number of nitrogens with zero attached hydrogens (tertiary/aromatic N) is 2. The summed E-state index contributed by atoms with van der Waals surface area (Å²) in [5.41, 5.74) is 2.09. The van der Waals surface area contributed by atoms with Crippen molar-refractivity contribution in [2.75, 3.05) is 26.2 Å². The van der Waals surface area contributed by atoms with Gasteiger partial charge in [-0.3, -0.25) is 4.79 Å². The largest absolute Gasteiger partial charge is 0.375 e. The topological polar surface area (TPSA) is 66.9 Å². The minimum atomic E-state index is -3.62. The maximum atomic E-state index is 13.1. The maximum Gasteiger partial charge on any atom is 0.243 e. The van der Waals surface area contributed by atoms with Crippen molar-refractivity contribution in [1.29, 1.82) is 0 Å². The number of amides is 1. The number of carbonyl (C=O) groups excluding carboxylic acids is 1. The van der Waals surface area contributed by atoms with Crippen molar-refractivity contribution in [1.82, 2.24) is 9.21 Å². The highest BCUT2D eigenvalue weighted by atomic mass is 32.2. The molecule has 0 aromatic heterocycles. The molecule has 1 fully saturated rings. The van der Waals surface area contributed by atoms with E-state index in [-0.39, 0.29) is 42.3 Å². The van der Waals surface area contributed by atoms with Crippen LogP contribution < -0.4 is 0 Å². The van der Waals surface area contributed by atoms with Crippen molar-refractivity contribution in [2.24, 2.45) is 5.92 Å². The molecule has 0 N–H and O–H groups in total. The Labute approximate surface area is 185 Å². The zero-order chi connectivity index (χ0) is 22.4. The van der Waals surface area contributed by atoms with Gasteiger partial charge in [-0.05, 0) is 30.5 Å². The molecule has 0 radical (unpaired) electrons. The summed E-state index contributed by atoms with van der Waals surface area (Å²) >= 11 is 0. The molecule has 3 rings (SSSR count). The summed E-state index contributed by atoms with van der Waals surface area (Å²) in [6.07, 6.45) is 0.174. The van der Waals surface area contributed by atoms with E-state index < -0.39 is 10.0 Å². The number of hydrogen-bond donors (Lipinski definition) is 0. The third-order valence-electron chi connectivity index (χ3n) is 5.71. The third kappa shape index (κ3) is 5.93. The molecular formula is C24H32N2O4S. The highest BCUT2D eigenvalue weighted by Gasteiger charge is 2.33. The first-order chi connectivity index (χ1) is 14.8. The lowest BCUT2D eigenvalue weighted by Gasteiger charge is -2.33. The van der Waals surface area contributed by atoms with E-state index in [0.717, 1.165) is 11.1 Å². The lowest BCUT2D eigenvalue weighted by molar-refractivity contribution is -0.135. The summed E-state index contributed by atoms with van der Waals surface area (Å²) in [5, 5.41) is 0. The van der Waals surface area contributed by atoms with Crippen molar-refractivity contribution >= 4 is 15.9 Å². The quantitative estimate of drug-likeness (QED) is 0.625. The number of benzene rings is 2. The van der Waals surface area contributed by atoms with Crippen LogP contribution in [0, 0.1) is 12.8 Å². The van der Waals surface area contributed by atoms with Gasteiger partial charge in [0.25, 0.3) is 0 Å². The van der Waals surface area contributed by atoms with Crippen LogP contribution >= 0.6 is 0 Å². The lowest BCUT2D eigenvalue weighted by atomic mass is 10.0. The molecule has 0 saturated carbocycles. The van der Waals surface area contributed by atoms with Crippen LogP contribution in [-0.2, 0) is 26.2 Å². The van der Waals surface area contributed by atoms with Crippen molar-refractivity contribution in [3.63, 3.8) is 0 Å². The molecule has 0 spiro atoms. The Morgan fingerprint density at radius 2 is 1.65 bits per heavy atom. The van der Waals surface area contributed by atoms with E-state index in [2.05, 4.69) is 13.8 Å². The Hall–Kier alpha value is -2.22. The van der Waals surface area contributed by atoms with Crippen LogP contribution in [0.1, 0.15) is 31.4 Å². The predicted molar refractivity (Wildman–Crippen MR) is 121 cm³/mol. The first-order valence-corrected chi connectivity index (χ1v) is 12.2. The second kappa shape index (κ2) is 10.4. The molecule has 2 aromatic carbocycles. The summed E-state index contributed by atoms with van der Waals surface area (Å²) < 4.78 is 33.5. The monoisotopic (exact) mass is 444 g/mol. The molecule has 1 amide bonds. The first kappa shape index (κ1) is 23.4. The molecule has 0 aliphatic carbocycles. The Kier molecular flexibility index (Phi) is 7.86. The summed E-state index contributed by atoms with van der Waals surface area (Å²) in [4.78, 5) is 15.0. The number of ether oxygens (including phenoxy) is 1. The zero-order valence-corrected chi connectivity index (χ0v) is 19.3. The average molecular weight is 445 g/mol. The van der Waals surface area contributed by atoms with Gasteiger partial charge in [0.1, 0.15) is 0 Å². The van der Waals surface area contributed by atoms with Gasteiger partial charge >= 0.3 is 0 Å². The zero-order valence-electron chi connectivity index (χ0n) is 18.5. The van der Waals surface area contributed by atoms with E-state index >= 15 is 0 Å². The fourth-order valence-corrected chi connectivity index (χ4v) is 5.22. The molecule has 1 saturated heterocycles. The number of aryl methyl sites for hydroxylation is 1. The van der Waals surface area contributed by atoms with E-state index in [1.807, 2.05) is 37.3 Å². The fourth-order valence-electron chi connectivity index (χ4n) is 3.78. The first-order valence-electron chi connectivity index (χ1n) is 10.8. The molecule has 7 heteroatoms. The number of hydrogen-bond acceptors (Lipinski definition) is 4.